The lowest BCUT2D eigenvalue weighted by Gasteiger charge is -2.19. The lowest BCUT2D eigenvalue weighted by Crippen LogP contribution is -2.49. The number of carbonyl (C=O) groups excluding carboxylic acids is 2. The maximum atomic E-state index is 13.2. The van der Waals surface area contributed by atoms with Crippen molar-refractivity contribution in [1.82, 2.24) is 19.2 Å². The van der Waals surface area contributed by atoms with Gasteiger partial charge in [-0.15, -0.1) is 0 Å². The maximum Gasteiger partial charge on any atom is 0.330 e. The van der Waals surface area contributed by atoms with Crippen LogP contribution in [0.2, 0.25) is 0 Å². The van der Waals surface area contributed by atoms with Gasteiger partial charge >= 0.3 is 11.7 Å². The van der Waals surface area contributed by atoms with E-state index in [-0.39, 0.29) is 22.2 Å². The Balaban J connectivity index is 1.98. The summed E-state index contributed by atoms with van der Waals surface area (Å²) in [4.78, 5) is 48.6. The Hall–Kier alpha value is -3.77. The van der Waals surface area contributed by atoms with Crippen molar-refractivity contribution in [3.63, 3.8) is 0 Å². The first-order valence-corrected chi connectivity index (χ1v) is 11.6. The van der Waals surface area contributed by atoms with Crippen molar-refractivity contribution in [2.75, 3.05) is 13.7 Å². The van der Waals surface area contributed by atoms with Gasteiger partial charge in [-0.3, -0.25) is 23.5 Å². The van der Waals surface area contributed by atoms with E-state index in [9.17, 15) is 27.6 Å². The summed E-state index contributed by atoms with van der Waals surface area (Å²) in [5.41, 5.74) is -0.238. The Kier molecular flexibility index (Phi) is 7.32. The molecule has 1 heterocycles. The molecule has 0 aliphatic rings. The fourth-order valence-electron chi connectivity index (χ4n) is 3.39. The standard InChI is InChI=1S/C22H24N4O7S/c1-25-18-10-9-15(12-16(18)21(29)26(2)22(25)30)34(31,32)24-17(11-14-7-5-4-6-8-14)20(28)23-13-19(27)33-3/h4-10,12,17,24H,11,13H2,1-3H3,(H,23,28)/t17-/m0/s1. The number of carbonyl (C=O) groups is 2. The summed E-state index contributed by atoms with van der Waals surface area (Å²) in [6.45, 7) is -0.428. The summed E-state index contributed by atoms with van der Waals surface area (Å²) in [5.74, 6) is -1.41. The van der Waals surface area contributed by atoms with Gasteiger partial charge in [0.25, 0.3) is 5.56 Å². The smallest absolute Gasteiger partial charge is 0.330 e. The van der Waals surface area contributed by atoms with Gasteiger partial charge in [-0.1, -0.05) is 30.3 Å². The molecule has 34 heavy (non-hydrogen) atoms. The molecule has 12 heteroatoms. The third-order valence-corrected chi connectivity index (χ3v) is 6.75. The maximum absolute atomic E-state index is 13.2. The summed E-state index contributed by atoms with van der Waals surface area (Å²) in [5, 5.41) is 2.39. The zero-order chi connectivity index (χ0) is 25.0. The minimum absolute atomic E-state index is 0.0108. The third-order valence-electron chi connectivity index (χ3n) is 5.28. The number of amides is 1. The summed E-state index contributed by atoms with van der Waals surface area (Å²) in [6, 6.07) is 11.2. The summed E-state index contributed by atoms with van der Waals surface area (Å²) in [7, 11) is -0.343. The number of hydrogen-bond acceptors (Lipinski definition) is 7. The SMILES string of the molecule is COC(=O)CNC(=O)[C@H](Cc1ccccc1)NS(=O)(=O)c1ccc2c(c1)c(=O)n(C)c(=O)n2C. The Morgan fingerprint density at radius 2 is 1.71 bits per heavy atom. The average molecular weight is 489 g/mol. The van der Waals surface area contributed by atoms with Crippen molar-refractivity contribution < 1.29 is 22.7 Å². The molecular weight excluding hydrogens is 464 g/mol. The van der Waals surface area contributed by atoms with E-state index >= 15 is 0 Å². The van der Waals surface area contributed by atoms with E-state index in [0.717, 1.165) is 10.6 Å². The lowest BCUT2D eigenvalue weighted by molar-refractivity contribution is -0.141. The first kappa shape index (κ1) is 24.9. The molecule has 1 aromatic heterocycles. The molecule has 0 fully saturated rings. The minimum atomic E-state index is -4.28. The Morgan fingerprint density at radius 1 is 1.03 bits per heavy atom. The topological polar surface area (TPSA) is 146 Å². The molecule has 3 aromatic rings. The number of nitrogens with zero attached hydrogens (tertiary/aromatic N) is 2. The zero-order valence-corrected chi connectivity index (χ0v) is 19.6. The second kappa shape index (κ2) is 10.0. The largest absolute Gasteiger partial charge is 0.468 e. The van der Waals surface area contributed by atoms with Crippen LogP contribution in [0.5, 0.6) is 0 Å². The molecule has 0 radical (unpaired) electrons. The van der Waals surface area contributed by atoms with Gasteiger partial charge in [0.1, 0.15) is 12.6 Å². The second-order valence-electron chi connectivity index (χ2n) is 7.54. The van der Waals surface area contributed by atoms with Crippen LogP contribution in [0.25, 0.3) is 10.9 Å². The second-order valence-corrected chi connectivity index (χ2v) is 9.26. The van der Waals surface area contributed by atoms with Gasteiger partial charge in [0.2, 0.25) is 15.9 Å². The molecule has 1 amide bonds. The third kappa shape index (κ3) is 5.24. The van der Waals surface area contributed by atoms with E-state index < -0.39 is 45.7 Å². The number of esters is 1. The highest BCUT2D eigenvalue weighted by Crippen LogP contribution is 2.16. The van der Waals surface area contributed by atoms with E-state index in [0.29, 0.717) is 5.56 Å². The van der Waals surface area contributed by atoms with Gasteiger partial charge in [-0.25, -0.2) is 13.2 Å². The predicted octanol–water partition coefficient (Wildman–Crippen LogP) is -0.584. The Morgan fingerprint density at radius 3 is 2.35 bits per heavy atom. The van der Waals surface area contributed by atoms with Crippen LogP contribution in [-0.2, 0) is 44.9 Å². The van der Waals surface area contributed by atoms with Crippen LogP contribution < -0.4 is 21.3 Å². The zero-order valence-electron chi connectivity index (χ0n) is 18.8. The number of fused-ring (bicyclic) bond motifs is 1. The molecule has 1 atom stereocenters. The van der Waals surface area contributed by atoms with Crippen molar-refractivity contribution in [1.29, 1.82) is 0 Å². The normalized spacial score (nSPS) is 12.3. The van der Waals surface area contributed by atoms with Crippen molar-refractivity contribution in [2.24, 2.45) is 14.1 Å². The predicted molar refractivity (Wildman–Crippen MR) is 124 cm³/mol. The molecule has 0 aliphatic carbocycles. The molecule has 0 saturated heterocycles. The van der Waals surface area contributed by atoms with Crippen LogP contribution in [-0.4, -0.2) is 49.1 Å². The minimum Gasteiger partial charge on any atom is -0.468 e. The number of rotatable bonds is 8. The quantitative estimate of drug-likeness (QED) is 0.403. The summed E-state index contributed by atoms with van der Waals surface area (Å²) >= 11 is 0. The molecule has 0 saturated carbocycles. The van der Waals surface area contributed by atoms with Crippen LogP contribution in [0.3, 0.4) is 0 Å². The number of nitrogens with one attached hydrogen (secondary N) is 2. The molecule has 0 unspecified atom stereocenters. The van der Waals surface area contributed by atoms with Crippen molar-refractivity contribution in [3.8, 4) is 0 Å². The van der Waals surface area contributed by atoms with E-state index in [2.05, 4.69) is 14.8 Å². The van der Waals surface area contributed by atoms with Gasteiger partial charge in [0.15, 0.2) is 0 Å². The summed E-state index contributed by atoms with van der Waals surface area (Å²) in [6.07, 6.45) is 0.0108. The van der Waals surface area contributed by atoms with Crippen LogP contribution >= 0.6 is 0 Å². The molecular formula is C22H24N4O7S. The van der Waals surface area contributed by atoms with Crippen molar-refractivity contribution in [2.45, 2.75) is 17.4 Å². The number of methoxy groups -OCH3 is 1. The number of hydrogen-bond donors (Lipinski definition) is 2. The molecule has 0 spiro atoms. The average Bonchev–Trinajstić information content (AvgIpc) is 2.84. The lowest BCUT2D eigenvalue weighted by atomic mass is 10.1. The van der Waals surface area contributed by atoms with Gasteiger partial charge in [0.05, 0.1) is 22.9 Å². The highest BCUT2D eigenvalue weighted by molar-refractivity contribution is 7.89. The van der Waals surface area contributed by atoms with Crippen LogP contribution in [0, 0.1) is 0 Å². The van der Waals surface area contributed by atoms with Crippen LogP contribution in [0.4, 0.5) is 0 Å². The van der Waals surface area contributed by atoms with Crippen molar-refractivity contribution in [3.05, 3.63) is 74.9 Å². The first-order chi connectivity index (χ1) is 16.0. The fraction of sp³-hybridized carbons (Fsp3) is 0.273. The van der Waals surface area contributed by atoms with Gasteiger partial charge in [0, 0.05) is 14.1 Å². The van der Waals surface area contributed by atoms with E-state index in [1.165, 1.54) is 37.9 Å². The number of sulfonamides is 1. The molecule has 3 rings (SSSR count). The van der Waals surface area contributed by atoms with E-state index in [1.54, 1.807) is 30.3 Å². The van der Waals surface area contributed by atoms with Crippen LogP contribution in [0.15, 0.2) is 63.0 Å². The molecule has 11 nitrogen and oxygen atoms in total. The number of aromatic nitrogens is 2. The Bertz CT molecular complexity index is 1460. The highest BCUT2D eigenvalue weighted by Gasteiger charge is 2.27. The highest BCUT2D eigenvalue weighted by atomic mass is 32.2. The molecule has 2 N–H and O–H groups in total. The van der Waals surface area contributed by atoms with Crippen LogP contribution in [0.1, 0.15) is 5.56 Å². The van der Waals surface area contributed by atoms with Gasteiger partial charge in [-0.2, -0.15) is 4.72 Å². The summed E-state index contributed by atoms with van der Waals surface area (Å²) < 4.78 is 35.3. The van der Waals surface area contributed by atoms with E-state index in [1.807, 2.05) is 0 Å². The number of benzene rings is 2. The number of aryl methyl sites for hydroxylation is 1. The molecule has 2 aromatic carbocycles. The molecule has 0 bridgehead atoms. The first-order valence-electron chi connectivity index (χ1n) is 10.2. The fourth-order valence-corrected chi connectivity index (χ4v) is 4.61. The Labute approximate surface area is 195 Å². The van der Waals surface area contributed by atoms with E-state index in [4.69, 9.17) is 0 Å². The monoisotopic (exact) mass is 488 g/mol. The van der Waals surface area contributed by atoms with Crippen molar-refractivity contribution >= 4 is 32.8 Å². The molecule has 180 valence electrons. The molecule has 0 aliphatic heterocycles. The van der Waals surface area contributed by atoms with Gasteiger partial charge < -0.3 is 10.1 Å². The van der Waals surface area contributed by atoms with Gasteiger partial charge in [-0.05, 0) is 30.2 Å². The number of ether oxygens (including phenoxy) is 1.